The van der Waals surface area contributed by atoms with Crippen LogP contribution in [0, 0.1) is 10.4 Å². The minimum Gasteiger partial charge on any atom is -0.595 e. The lowest BCUT2D eigenvalue weighted by Crippen LogP contribution is -2.99. The fourth-order valence-electron chi connectivity index (χ4n) is 3.39. The molecule has 0 saturated heterocycles. The normalized spacial score (nSPS) is 14.4. The minimum atomic E-state index is -0.995. The lowest BCUT2D eigenvalue weighted by atomic mass is 10.1. The van der Waals surface area contributed by atoms with Crippen molar-refractivity contribution in [3.8, 4) is 0 Å². The molecule has 0 fully saturated rings. The van der Waals surface area contributed by atoms with Crippen LogP contribution in [0.2, 0.25) is 0 Å². The molecule has 0 bridgehead atoms. The number of hydrogen-bond donors (Lipinski definition) is 4. The molecule has 3 rings (SSSR count). The molecule has 0 aliphatic heterocycles. The predicted molar refractivity (Wildman–Crippen MR) is 98.8 cm³/mol. The average molecular weight is 360 g/mol. The van der Waals surface area contributed by atoms with Crippen LogP contribution in [-0.2, 0) is 6.54 Å². The second-order valence-corrected chi connectivity index (χ2v) is 6.25. The van der Waals surface area contributed by atoms with Gasteiger partial charge in [0.15, 0.2) is 11.4 Å². The first-order chi connectivity index (χ1) is 12.5. The first-order valence-electron chi connectivity index (χ1n) is 8.71. The summed E-state index contributed by atoms with van der Waals surface area (Å²) in [7, 11) is 0. The Morgan fingerprint density at radius 2 is 1.35 bits per heavy atom. The highest BCUT2D eigenvalue weighted by molar-refractivity contribution is 6.09. The second-order valence-electron chi connectivity index (χ2n) is 6.25. The van der Waals surface area contributed by atoms with Gasteiger partial charge in [0.05, 0.1) is 0 Å². The largest absolute Gasteiger partial charge is 0.595 e. The van der Waals surface area contributed by atoms with Gasteiger partial charge in [-0.15, -0.1) is 0 Å². The summed E-state index contributed by atoms with van der Waals surface area (Å²) in [5.41, 5.74) is 2.22. The standard InChI is InChI=1S/C18H24N4O4/c1-3-19(4-2)9-10-20-17-7-5-13(21(23)24)11-15(17)16-12-14(22(25)26)6-8-18(16)20/h5-8,11-12,21-23,25H,3-4,9-10H2,1-2H3. The van der Waals surface area contributed by atoms with Crippen LogP contribution in [0.5, 0.6) is 0 Å². The summed E-state index contributed by atoms with van der Waals surface area (Å²) in [4.78, 5) is 2.31. The van der Waals surface area contributed by atoms with Gasteiger partial charge in [0.1, 0.15) is 0 Å². The number of nitrogens with zero attached hydrogens (tertiary/aromatic N) is 2. The van der Waals surface area contributed by atoms with Crippen LogP contribution < -0.4 is 10.5 Å². The molecule has 0 spiro atoms. The molecule has 0 radical (unpaired) electrons. The van der Waals surface area contributed by atoms with E-state index in [0.717, 1.165) is 48.0 Å². The third-order valence-electron chi connectivity index (χ3n) is 4.89. The SMILES string of the molecule is CCN(CC)CCn1c2ccc([NH+]([O-])O)cc2c2cc([NH+]([O-])O)ccc21. The monoisotopic (exact) mass is 360 g/mol. The van der Waals surface area contributed by atoms with Gasteiger partial charge in [-0.2, -0.15) is 10.5 Å². The Balaban J connectivity index is 2.17. The van der Waals surface area contributed by atoms with Crippen molar-refractivity contribution in [1.29, 1.82) is 0 Å². The Morgan fingerprint density at radius 1 is 0.885 bits per heavy atom. The Hall–Kier alpha value is -2.04. The third-order valence-corrected chi connectivity index (χ3v) is 4.89. The third kappa shape index (κ3) is 3.44. The lowest BCUT2D eigenvalue weighted by molar-refractivity contribution is -0.991. The van der Waals surface area contributed by atoms with E-state index in [9.17, 15) is 20.8 Å². The summed E-state index contributed by atoms with van der Waals surface area (Å²) in [6, 6.07) is 10.0. The summed E-state index contributed by atoms with van der Waals surface area (Å²) in [5, 5.41) is 40.8. The molecule has 0 saturated carbocycles. The van der Waals surface area contributed by atoms with Crippen molar-refractivity contribution in [3.63, 3.8) is 0 Å². The molecule has 2 aromatic carbocycles. The van der Waals surface area contributed by atoms with Gasteiger partial charge >= 0.3 is 0 Å². The van der Waals surface area contributed by atoms with Crippen LogP contribution in [0.15, 0.2) is 36.4 Å². The fourth-order valence-corrected chi connectivity index (χ4v) is 3.39. The fraction of sp³-hybridized carbons (Fsp3) is 0.333. The zero-order valence-corrected chi connectivity index (χ0v) is 14.9. The summed E-state index contributed by atoms with van der Waals surface area (Å²) < 4.78 is 2.14. The zero-order valence-electron chi connectivity index (χ0n) is 14.9. The first-order valence-corrected chi connectivity index (χ1v) is 8.71. The van der Waals surface area contributed by atoms with Crippen LogP contribution in [0.3, 0.4) is 0 Å². The molecule has 4 N–H and O–H groups in total. The molecule has 8 heteroatoms. The van der Waals surface area contributed by atoms with Crippen molar-refractivity contribution in [2.75, 3.05) is 19.6 Å². The van der Waals surface area contributed by atoms with Gasteiger partial charge in [-0.3, -0.25) is 0 Å². The number of quaternary nitrogens is 2. The van der Waals surface area contributed by atoms with Gasteiger partial charge in [-0.1, -0.05) is 13.8 Å². The maximum absolute atomic E-state index is 11.3. The van der Waals surface area contributed by atoms with Gasteiger partial charge in [-0.05, 0) is 25.2 Å². The summed E-state index contributed by atoms with van der Waals surface area (Å²) in [6.45, 7) is 7.77. The van der Waals surface area contributed by atoms with Crippen molar-refractivity contribution >= 4 is 33.2 Å². The average Bonchev–Trinajstić information content (AvgIpc) is 2.95. The molecule has 3 aromatic rings. The van der Waals surface area contributed by atoms with E-state index in [-0.39, 0.29) is 11.4 Å². The molecule has 1 heterocycles. The zero-order chi connectivity index (χ0) is 18.8. The lowest BCUT2D eigenvalue weighted by Gasteiger charge is -2.19. The molecule has 8 nitrogen and oxygen atoms in total. The van der Waals surface area contributed by atoms with Crippen LogP contribution in [0.4, 0.5) is 11.4 Å². The Labute approximate surface area is 151 Å². The van der Waals surface area contributed by atoms with Crippen molar-refractivity contribution in [2.45, 2.75) is 20.4 Å². The number of benzene rings is 2. The van der Waals surface area contributed by atoms with E-state index in [1.165, 1.54) is 0 Å². The highest BCUT2D eigenvalue weighted by atomic mass is 16.8. The number of aromatic nitrogens is 1. The molecule has 2 unspecified atom stereocenters. The van der Waals surface area contributed by atoms with E-state index in [0.29, 0.717) is 0 Å². The van der Waals surface area contributed by atoms with Crippen molar-refractivity contribution in [1.82, 2.24) is 9.47 Å². The van der Waals surface area contributed by atoms with E-state index >= 15 is 0 Å². The Morgan fingerprint density at radius 3 is 1.73 bits per heavy atom. The molecule has 0 aliphatic carbocycles. The van der Waals surface area contributed by atoms with Gasteiger partial charge < -0.3 is 19.9 Å². The van der Waals surface area contributed by atoms with E-state index in [4.69, 9.17) is 0 Å². The number of hydrogen-bond acceptors (Lipinski definition) is 5. The van der Waals surface area contributed by atoms with E-state index in [2.05, 4.69) is 23.3 Å². The number of likely N-dealkylation sites (N-methyl/N-ethyl adjacent to an activating group) is 1. The van der Waals surface area contributed by atoms with Crippen LogP contribution in [0.25, 0.3) is 21.8 Å². The molecule has 140 valence electrons. The van der Waals surface area contributed by atoms with E-state index in [1.54, 1.807) is 24.3 Å². The Kier molecular flexibility index (Phi) is 5.54. The van der Waals surface area contributed by atoms with Crippen molar-refractivity contribution in [3.05, 3.63) is 46.8 Å². The van der Waals surface area contributed by atoms with E-state index in [1.807, 2.05) is 12.1 Å². The minimum absolute atomic E-state index is 0.195. The van der Waals surface area contributed by atoms with Crippen LogP contribution in [0.1, 0.15) is 13.8 Å². The number of nitrogens with one attached hydrogen (secondary N) is 2. The second kappa shape index (κ2) is 7.68. The summed E-state index contributed by atoms with van der Waals surface area (Å²) >= 11 is 0. The molecule has 0 amide bonds. The quantitative estimate of drug-likeness (QED) is 0.470. The van der Waals surface area contributed by atoms with Crippen molar-refractivity contribution < 1.29 is 20.9 Å². The molecule has 2 atom stereocenters. The molecular formula is C18H24N4O4. The van der Waals surface area contributed by atoms with Gasteiger partial charge in [0, 0.05) is 59.2 Å². The van der Waals surface area contributed by atoms with Crippen molar-refractivity contribution in [2.24, 2.45) is 0 Å². The predicted octanol–water partition coefficient (Wildman–Crippen LogP) is 0.943. The maximum Gasteiger partial charge on any atom is 0.164 e. The smallest absolute Gasteiger partial charge is 0.164 e. The van der Waals surface area contributed by atoms with Gasteiger partial charge in [0.2, 0.25) is 0 Å². The van der Waals surface area contributed by atoms with E-state index < -0.39 is 10.5 Å². The summed E-state index contributed by atoms with van der Waals surface area (Å²) in [5.74, 6) is 0. The highest BCUT2D eigenvalue weighted by Gasteiger charge is 2.15. The first kappa shape index (κ1) is 18.7. The summed E-state index contributed by atoms with van der Waals surface area (Å²) in [6.07, 6.45) is 0. The number of fused-ring (bicyclic) bond motifs is 3. The maximum atomic E-state index is 11.3. The molecule has 0 aliphatic rings. The van der Waals surface area contributed by atoms with Crippen LogP contribution >= 0.6 is 0 Å². The topological polar surface area (TPSA) is 104 Å². The van der Waals surface area contributed by atoms with Gasteiger partial charge in [0.25, 0.3) is 0 Å². The highest BCUT2D eigenvalue weighted by Crippen LogP contribution is 2.31. The van der Waals surface area contributed by atoms with Crippen LogP contribution in [-0.4, -0.2) is 39.5 Å². The molecule has 1 aromatic heterocycles. The Bertz CT molecular complexity index is 838. The molecular weight excluding hydrogens is 336 g/mol. The van der Waals surface area contributed by atoms with Gasteiger partial charge in [-0.25, -0.2) is 10.4 Å². The molecule has 26 heavy (non-hydrogen) atoms. The number of rotatable bonds is 7.